The minimum absolute atomic E-state index is 0.863. The minimum atomic E-state index is 0.863. The van der Waals surface area contributed by atoms with E-state index in [1.165, 1.54) is 19.3 Å². The highest BCUT2D eigenvalue weighted by Crippen LogP contribution is 2.42. The summed E-state index contributed by atoms with van der Waals surface area (Å²) >= 11 is 0. The third-order valence-electron chi connectivity index (χ3n) is 4.93. The van der Waals surface area contributed by atoms with E-state index in [0.717, 1.165) is 35.5 Å². The van der Waals surface area contributed by atoms with Crippen molar-refractivity contribution in [3.05, 3.63) is 0 Å². The Morgan fingerprint density at radius 1 is 0.933 bits per heavy atom. The molecule has 0 radical (unpaired) electrons. The summed E-state index contributed by atoms with van der Waals surface area (Å²) in [5.74, 6) is 5.58. The molecule has 1 aliphatic rings. The molecule has 0 heteroatoms. The summed E-state index contributed by atoms with van der Waals surface area (Å²) in [6.07, 6.45) is 4.34. The van der Waals surface area contributed by atoms with Crippen molar-refractivity contribution < 1.29 is 0 Å². The van der Waals surface area contributed by atoms with E-state index in [1.54, 1.807) is 0 Å². The second kappa shape index (κ2) is 5.37. The van der Waals surface area contributed by atoms with Crippen molar-refractivity contribution >= 4 is 0 Å². The van der Waals surface area contributed by atoms with Gasteiger partial charge >= 0.3 is 0 Å². The predicted molar refractivity (Wildman–Crippen MR) is 68.8 cm³/mol. The lowest BCUT2D eigenvalue weighted by Gasteiger charge is -2.42. The van der Waals surface area contributed by atoms with E-state index < -0.39 is 0 Å². The van der Waals surface area contributed by atoms with Crippen LogP contribution < -0.4 is 0 Å². The molecule has 0 aromatic carbocycles. The predicted octanol–water partition coefficient (Wildman–Crippen LogP) is 4.99. The quantitative estimate of drug-likeness (QED) is 0.616. The summed E-state index contributed by atoms with van der Waals surface area (Å²) in [6.45, 7) is 14.6. The zero-order valence-corrected chi connectivity index (χ0v) is 11.6. The van der Waals surface area contributed by atoms with Gasteiger partial charge in [-0.25, -0.2) is 0 Å². The van der Waals surface area contributed by atoms with Gasteiger partial charge in [-0.2, -0.15) is 0 Å². The van der Waals surface area contributed by atoms with E-state index in [4.69, 9.17) is 0 Å². The van der Waals surface area contributed by atoms with E-state index in [2.05, 4.69) is 41.5 Å². The van der Waals surface area contributed by atoms with Gasteiger partial charge in [0.15, 0.2) is 0 Å². The molecule has 0 aromatic heterocycles. The Bertz CT molecular complexity index is 182. The fraction of sp³-hybridized carbons (Fsp3) is 1.00. The minimum Gasteiger partial charge on any atom is -0.0628 e. The Morgan fingerprint density at radius 2 is 1.53 bits per heavy atom. The molecule has 0 aliphatic heterocycles. The van der Waals surface area contributed by atoms with Gasteiger partial charge in [-0.1, -0.05) is 48.0 Å². The molecule has 0 nitrogen and oxygen atoms in total. The molecule has 1 rings (SSSR count). The van der Waals surface area contributed by atoms with Crippen LogP contribution in [0.15, 0.2) is 0 Å². The van der Waals surface area contributed by atoms with Crippen molar-refractivity contribution in [3.63, 3.8) is 0 Å². The summed E-state index contributed by atoms with van der Waals surface area (Å²) < 4.78 is 0. The average Bonchev–Trinajstić information content (AvgIpc) is 2.13. The second-order valence-electron chi connectivity index (χ2n) is 6.54. The molecule has 1 aliphatic carbocycles. The van der Waals surface area contributed by atoms with Crippen LogP contribution in [0.3, 0.4) is 0 Å². The number of hydrogen-bond acceptors (Lipinski definition) is 0. The van der Waals surface area contributed by atoms with Gasteiger partial charge in [-0.05, 0) is 48.3 Å². The molecule has 0 bridgehead atoms. The standard InChI is InChI=1S/C15H30/c1-10(2)9-12(4)15-8-7-11(3)13(5)14(15)6/h10-15H,7-9H2,1-6H3. The lowest BCUT2D eigenvalue weighted by atomic mass is 9.64. The molecule has 0 amide bonds. The Kier molecular flexibility index (Phi) is 4.67. The highest BCUT2D eigenvalue weighted by Gasteiger charge is 2.34. The van der Waals surface area contributed by atoms with Crippen molar-refractivity contribution in [2.24, 2.45) is 35.5 Å². The van der Waals surface area contributed by atoms with Crippen LogP contribution in [0.25, 0.3) is 0 Å². The summed E-state index contributed by atoms with van der Waals surface area (Å²) in [6, 6.07) is 0. The van der Waals surface area contributed by atoms with Crippen LogP contribution in [-0.2, 0) is 0 Å². The van der Waals surface area contributed by atoms with Gasteiger partial charge in [0.1, 0.15) is 0 Å². The monoisotopic (exact) mass is 210 g/mol. The van der Waals surface area contributed by atoms with Gasteiger partial charge in [-0.3, -0.25) is 0 Å². The molecular formula is C15H30. The summed E-state index contributed by atoms with van der Waals surface area (Å²) in [7, 11) is 0. The maximum absolute atomic E-state index is 2.49. The van der Waals surface area contributed by atoms with E-state index in [0.29, 0.717) is 0 Å². The van der Waals surface area contributed by atoms with Crippen LogP contribution in [0, 0.1) is 35.5 Å². The van der Waals surface area contributed by atoms with E-state index >= 15 is 0 Å². The molecule has 1 saturated carbocycles. The molecule has 5 atom stereocenters. The van der Waals surface area contributed by atoms with E-state index in [1.807, 2.05) is 0 Å². The zero-order chi connectivity index (χ0) is 11.6. The Hall–Kier alpha value is 0. The van der Waals surface area contributed by atoms with E-state index in [-0.39, 0.29) is 0 Å². The molecule has 90 valence electrons. The van der Waals surface area contributed by atoms with Crippen LogP contribution in [-0.4, -0.2) is 0 Å². The third-order valence-corrected chi connectivity index (χ3v) is 4.93. The van der Waals surface area contributed by atoms with Crippen LogP contribution in [0.5, 0.6) is 0 Å². The molecule has 0 saturated heterocycles. The SMILES string of the molecule is CC(C)CC(C)C1CCC(C)C(C)C1C. The van der Waals surface area contributed by atoms with Crippen LogP contribution >= 0.6 is 0 Å². The number of hydrogen-bond donors (Lipinski definition) is 0. The van der Waals surface area contributed by atoms with Crippen LogP contribution in [0.4, 0.5) is 0 Å². The summed E-state index contributed by atoms with van der Waals surface area (Å²) in [4.78, 5) is 0. The molecular weight excluding hydrogens is 180 g/mol. The first kappa shape index (κ1) is 13.1. The fourth-order valence-electron chi connectivity index (χ4n) is 3.61. The van der Waals surface area contributed by atoms with Crippen molar-refractivity contribution in [1.82, 2.24) is 0 Å². The Labute approximate surface area is 96.8 Å². The molecule has 0 N–H and O–H groups in total. The third kappa shape index (κ3) is 3.23. The highest BCUT2D eigenvalue weighted by molar-refractivity contribution is 4.84. The lowest BCUT2D eigenvalue weighted by Crippen LogP contribution is -2.33. The summed E-state index contributed by atoms with van der Waals surface area (Å²) in [5, 5.41) is 0. The Morgan fingerprint density at radius 3 is 2.07 bits per heavy atom. The van der Waals surface area contributed by atoms with Gasteiger partial charge < -0.3 is 0 Å². The van der Waals surface area contributed by atoms with Gasteiger partial charge in [-0.15, -0.1) is 0 Å². The smallest absolute Gasteiger partial charge is 0.0360 e. The van der Waals surface area contributed by atoms with Gasteiger partial charge in [0.05, 0.1) is 0 Å². The van der Waals surface area contributed by atoms with Crippen molar-refractivity contribution in [2.75, 3.05) is 0 Å². The largest absolute Gasteiger partial charge is 0.0628 e. The average molecular weight is 210 g/mol. The molecule has 15 heavy (non-hydrogen) atoms. The highest BCUT2D eigenvalue weighted by atomic mass is 14.4. The van der Waals surface area contributed by atoms with E-state index in [9.17, 15) is 0 Å². The normalized spacial score (nSPS) is 39.4. The first-order valence-corrected chi connectivity index (χ1v) is 6.93. The molecule has 5 unspecified atom stereocenters. The van der Waals surface area contributed by atoms with Crippen molar-refractivity contribution in [2.45, 2.75) is 60.8 Å². The van der Waals surface area contributed by atoms with Crippen LogP contribution in [0.2, 0.25) is 0 Å². The van der Waals surface area contributed by atoms with Crippen LogP contribution in [0.1, 0.15) is 60.8 Å². The van der Waals surface area contributed by atoms with Gasteiger partial charge in [0, 0.05) is 0 Å². The molecule has 0 aromatic rings. The maximum atomic E-state index is 2.49. The second-order valence-corrected chi connectivity index (χ2v) is 6.54. The zero-order valence-electron chi connectivity index (χ0n) is 11.6. The summed E-state index contributed by atoms with van der Waals surface area (Å²) in [5.41, 5.74) is 0. The van der Waals surface area contributed by atoms with Gasteiger partial charge in [0.2, 0.25) is 0 Å². The topological polar surface area (TPSA) is 0 Å². The fourth-order valence-corrected chi connectivity index (χ4v) is 3.61. The van der Waals surface area contributed by atoms with Gasteiger partial charge in [0.25, 0.3) is 0 Å². The molecule has 0 heterocycles. The number of rotatable bonds is 3. The molecule has 1 fully saturated rings. The first-order valence-electron chi connectivity index (χ1n) is 6.93. The maximum Gasteiger partial charge on any atom is -0.0360 e. The Balaban J connectivity index is 2.55. The first-order chi connectivity index (χ1) is 6.93. The molecule has 0 spiro atoms. The lowest BCUT2D eigenvalue weighted by molar-refractivity contribution is 0.0800. The van der Waals surface area contributed by atoms with Crippen molar-refractivity contribution in [3.8, 4) is 0 Å². The van der Waals surface area contributed by atoms with Crippen molar-refractivity contribution in [1.29, 1.82) is 0 Å².